The highest BCUT2D eigenvalue weighted by molar-refractivity contribution is 6.33. The Labute approximate surface area is 106 Å². The standard InChI is InChI=1S/C11H8ClF3N2O/c12-8-2-1-7(6-16)5-9(8)17-10(18)3-4-11(13,14)15/h1-2,5H,3-4H2,(H,17,18). The molecule has 0 saturated carbocycles. The van der Waals surface area contributed by atoms with Crippen LogP contribution in [-0.2, 0) is 4.79 Å². The number of anilines is 1. The lowest BCUT2D eigenvalue weighted by atomic mass is 10.2. The first kappa shape index (κ1) is 14.3. The van der Waals surface area contributed by atoms with Crippen LogP contribution in [0.25, 0.3) is 0 Å². The number of nitrogens with zero attached hydrogens (tertiary/aromatic N) is 1. The zero-order chi connectivity index (χ0) is 13.8. The number of nitriles is 1. The van der Waals surface area contributed by atoms with Crippen molar-refractivity contribution in [3.8, 4) is 6.07 Å². The molecule has 18 heavy (non-hydrogen) atoms. The van der Waals surface area contributed by atoms with Gasteiger partial charge in [-0.05, 0) is 18.2 Å². The van der Waals surface area contributed by atoms with Gasteiger partial charge in [-0.25, -0.2) is 0 Å². The van der Waals surface area contributed by atoms with Crippen LogP contribution in [0.5, 0.6) is 0 Å². The smallest absolute Gasteiger partial charge is 0.325 e. The Bertz CT molecular complexity index is 494. The highest BCUT2D eigenvalue weighted by Crippen LogP contribution is 2.25. The molecule has 0 unspecified atom stereocenters. The van der Waals surface area contributed by atoms with Gasteiger partial charge in [-0.2, -0.15) is 18.4 Å². The molecule has 96 valence electrons. The first-order valence-electron chi connectivity index (χ1n) is 4.88. The Balaban J connectivity index is 2.68. The molecule has 0 aliphatic heterocycles. The molecule has 1 N–H and O–H groups in total. The van der Waals surface area contributed by atoms with E-state index < -0.39 is 24.9 Å². The predicted molar refractivity (Wildman–Crippen MR) is 60.1 cm³/mol. The van der Waals surface area contributed by atoms with Crippen LogP contribution in [0.1, 0.15) is 18.4 Å². The first-order valence-corrected chi connectivity index (χ1v) is 5.26. The lowest BCUT2D eigenvalue weighted by molar-refractivity contribution is -0.142. The normalized spacial score (nSPS) is 10.8. The molecule has 0 bridgehead atoms. The molecular formula is C11H8ClF3N2O. The van der Waals surface area contributed by atoms with Gasteiger partial charge in [0.05, 0.1) is 28.8 Å². The molecule has 0 radical (unpaired) electrons. The van der Waals surface area contributed by atoms with E-state index in [0.29, 0.717) is 0 Å². The van der Waals surface area contributed by atoms with E-state index in [9.17, 15) is 18.0 Å². The summed E-state index contributed by atoms with van der Waals surface area (Å²) in [6.45, 7) is 0. The van der Waals surface area contributed by atoms with Crippen LogP contribution >= 0.6 is 11.6 Å². The largest absolute Gasteiger partial charge is 0.389 e. The van der Waals surface area contributed by atoms with E-state index in [1.807, 2.05) is 6.07 Å². The van der Waals surface area contributed by atoms with Gasteiger partial charge in [0, 0.05) is 6.42 Å². The van der Waals surface area contributed by atoms with Gasteiger partial charge in [-0.1, -0.05) is 11.6 Å². The molecule has 3 nitrogen and oxygen atoms in total. The summed E-state index contributed by atoms with van der Waals surface area (Å²) >= 11 is 5.74. The molecule has 0 aromatic heterocycles. The molecule has 0 atom stereocenters. The molecule has 1 aromatic carbocycles. The van der Waals surface area contributed by atoms with Crippen LogP contribution in [0.2, 0.25) is 5.02 Å². The zero-order valence-corrected chi connectivity index (χ0v) is 9.77. The van der Waals surface area contributed by atoms with E-state index in [4.69, 9.17) is 16.9 Å². The van der Waals surface area contributed by atoms with Crippen molar-refractivity contribution in [2.45, 2.75) is 19.0 Å². The SMILES string of the molecule is N#Cc1ccc(Cl)c(NC(=O)CCC(F)(F)F)c1. The van der Waals surface area contributed by atoms with Gasteiger partial charge < -0.3 is 5.32 Å². The minimum Gasteiger partial charge on any atom is -0.325 e. The minimum atomic E-state index is -4.38. The molecule has 0 saturated heterocycles. The molecule has 0 aliphatic rings. The molecule has 0 fully saturated rings. The summed E-state index contributed by atoms with van der Waals surface area (Å²) in [4.78, 5) is 11.3. The maximum Gasteiger partial charge on any atom is 0.389 e. The molecule has 0 spiro atoms. The van der Waals surface area contributed by atoms with Crippen LogP contribution < -0.4 is 5.32 Å². The lowest BCUT2D eigenvalue weighted by Crippen LogP contribution is -2.16. The number of carbonyl (C=O) groups excluding carboxylic acids is 1. The fourth-order valence-electron chi connectivity index (χ4n) is 1.16. The number of halogens is 4. The molecular weight excluding hydrogens is 269 g/mol. The van der Waals surface area contributed by atoms with E-state index in [0.717, 1.165) is 0 Å². The van der Waals surface area contributed by atoms with Gasteiger partial charge in [-0.3, -0.25) is 4.79 Å². The van der Waals surface area contributed by atoms with E-state index in [-0.39, 0.29) is 16.3 Å². The van der Waals surface area contributed by atoms with E-state index in [1.54, 1.807) is 0 Å². The summed E-state index contributed by atoms with van der Waals surface area (Å²) in [5.74, 6) is -0.802. The van der Waals surface area contributed by atoms with E-state index in [2.05, 4.69) is 5.32 Å². The quantitative estimate of drug-likeness (QED) is 0.919. The third kappa shape index (κ3) is 4.63. The second kappa shape index (κ2) is 5.74. The molecule has 0 heterocycles. The van der Waals surface area contributed by atoms with Gasteiger partial charge in [0.1, 0.15) is 0 Å². The predicted octanol–water partition coefficient (Wildman–Crippen LogP) is 3.49. The average molecular weight is 277 g/mol. The van der Waals surface area contributed by atoms with Crippen LogP contribution in [0.15, 0.2) is 18.2 Å². The van der Waals surface area contributed by atoms with E-state index >= 15 is 0 Å². The Hall–Kier alpha value is -1.74. The van der Waals surface area contributed by atoms with Crippen molar-refractivity contribution in [3.63, 3.8) is 0 Å². The Kier molecular flexibility index (Phi) is 4.56. The molecule has 7 heteroatoms. The molecule has 1 aromatic rings. The Morgan fingerprint density at radius 2 is 2.11 bits per heavy atom. The number of amides is 1. The topological polar surface area (TPSA) is 52.9 Å². The molecule has 1 rings (SSSR count). The third-order valence-corrected chi connectivity index (χ3v) is 2.33. The third-order valence-electron chi connectivity index (χ3n) is 2.01. The van der Waals surface area contributed by atoms with Crippen molar-refractivity contribution in [3.05, 3.63) is 28.8 Å². The highest BCUT2D eigenvalue weighted by Gasteiger charge is 2.27. The summed E-state index contributed by atoms with van der Waals surface area (Å²) in [5.41, 5.74) is 0.383. The fraction of sp³-hybridized carbons (Fsp3) is 0.273. The number of nitrogens with one attached hydrogen (secondary N) is 1. The molecule has 0 aliphatic carbocycles. The van der Waals surface area contributed by atoms with Crippen molar-refractivity contribution in [1.82, 2.24) is 0 Å². The fourth-order valence-corrected chi connectivity index (χ4v) is 1.32. The number of benzene rings is 1. The summed E-state index contributed by atoms with van der Waals surface area (Å²) in [7, 11) is 0. The number of carbonyl (C=O) groups is 1. The highest BCUT2D eigenvalue weighted by atomic mass is 35.5. The van der Waals surface area contributed by atoms with Crippen LogP contribution in [-0.4, -0.2) is 12.1 Å². The van der Waals surface area contributed by atoms with Gasteiger partial charge in [0.25, 0.3) is 0 Å². The number of alkyl halides is 3. The van der Waals surface area contributed by atoms with Gasteiger partial charge in [-0.15, -0.1) is 0 Å². The summed E-state index contributed by atoms with van der Waals surface area (Å²) < 4.78 is 35.7. The first-order chi connectivity index (χ1) is 8.31. The van der Waals surface area contributed by atoms with Crippen molar-refractivity contribution in [1.29, 1.82) is 5.26 Å². The van der Waals surface area contributed by atoms with Crippen molar-refractivity contribution >= 4 is 23.2 Å². The van der Waals surface area contributed by atoms with Crippen LogP contribution in [0.3, 0.4) is 0 Å². The summed E-state index contributed by atoms with van der Waals surface area (Å²) in [6.07, 6.45) is -6.26. The van der Waals surface area contributed by atoms with Gasteiger partial charge in [0.2, 0.25) is 5.91 Å². The summed E-state index contributed by atoms with van der Waals surface area (Å²) in [6, 6.07) is 5.96. The second-order valence-electron chi connectivity index (χ2n) is 3.47. The average Bonchev–Trinajstić information content (AvgIpc) is 2.28. The van der Waals surface area contributed by atoms with Gasteiger partial charge >= 0.3 is 6.18 Å². The van der Waals surface area contributed by atoms with Crippen molar-refractivity contribution in [2.75, 3.05) is 5.32 Å². The lowest BCUT2D eigenvalue weighted by Gasteiger charge is -2.09. The maximum atomic E-state index is 11.9. The Morgan fingerprint density at radius 1 is 1.44 bits per heavy atom. The number of hydrogen-bond donors (Lipinski definition) is 1. The second-order valence-corrected chi connectivity index (χ2v) is 3.88. The Morgan fingerprint density at radius 3 is 2.67 bits per heavy atom. The molecule has 1 amide bonds. The minimum absolute atomic E-state index is 0.128. The van der Waals surface area contributed by atoms with Crippen molar-refractivity contribution < 1.29 is 18.0 Å². The van der Waals surface area contributed by atoms with Crippen molar-refractivity contribution in [2.24, 2.45) is 0 Å². The van der Waals surface area contributed by atoms with E-state index in [1.165, 1.54) is 18.2 Å². The number of rotatable bonds is 3. The van der Waals surface area contributed by atoms with Gasteiger partial charge in [0.15, 0.2) is 0 Å². The monoisotopic (exact) mass is 276 g/mol. The summed E-state index contributed by atoms with van der Waals surface area (Å²) in [5, 5.41) is 11.0. The van der Waals surface area contributed by atoms with Crippen LogP contribution in [0, 0.1) is 11.3 Å². The number of hydrogen-bond acceptors (Lipinski definition) is 2. The van der Waals surface area contributed by atoms with Crippen LogP contribution in [0.4, 0.5) is 18.9 Å². The maximum absolute atomic E-state index is 11.9. The zero-order valence-electron chi connectivity index (χ0n) is 9.01.